The average molecular weight is 296 g/mol. The molecule has 1 atom stereocenters. The number of rotatable bonds is 4. The van der Waals surface area contributed by atoms with Gasteiger partial charge in [0.1, 0.15) is 6.33 Å². The van der Waals surface area contributed by atoms with E-state index in [1.54, 1.807) is 28.9 Å². The molecule has 1 aliphatic heterocycles. The second-order valence-corrected chi connectivity index (χ2v) is 5.53. The van der Waals surface area contributed by atoms with Crippen LogP contribution in [0.3, 0.4) is 0 Å². The van der Waals surface area contributed by atoms with Gasteiger partial charge in [-0.2, -0.15) is 11.8 Å². The van der Waals surface area contributed by atoms with E-state index in [2.05, 4.69) is 15.3 Å². The van der Waals surface area contributed by atoms with Crippen LogP contribution in [-0.2, 0) is 11.3 Å². The van der Waals surface area contributed by atoms with Crippen molar-refractivity contribution in [3.05, 3.63) is 24.3 Å². The summed E-state index contributed by atoms with van der Waals surface area (Å²) in [5.74, 6) is 0.607. The minimum absolute atomic E-state index is 0.0199. The number of thioether (sulfide) groups is 1. The number of carboxylic acids is 1. The van der Waals surface area contributed by atoms with Crippen LogP contribution in [0.5, 0.6) is 0 Å². The summed E-state index contributed by atoms with van der Waals surface area (Å²) in [6, 6.07) is 1.23. The Hall–Kier alpha value is -1.83. The second kappa shape index (κ2) is 7.09. The predicted molar refractivity (Wildman–Crippen MR) is 74.3 cm³/mol. The average Bonchev–Trinajstić information content (AvgIpc) is 2.46. The number of hydrogen-bond acceptors (Lipinski definition) is 5. The highest BCUT2D eigenvalue weighted by atomic mass is 32.2. The molecule has 0 spiro atoms. The number of aromatic nitrogens is 2. The van der Waals surface area contributed by atoms with Crippen molar-refractivity contribution in [3.8, 4) is 0 Å². The summed E-state index contributed by atoms with van der Waals surface area (Å²) in [5.41, 5.74) is 0.717. The maximum absolute atomic E-state index is 12.1. The molecule has 0 aliphatic carbocycles. The van der Waals surface area contributed by atoms with Gasteiger partial charge in [0.15, 0.2) is 0 Å². The fourth-order valence-electron chi connectivity index (χ4n) is 1.98. The number of carbonyl (C=O) groups excluding carboxylic acids is 1. The van der Waals surface area contributed by atoms with Gasteiger partial charge in [-0.1, -0.05) is 0 Å². The van der Waals surface area contributed by atoms with Gasteiger partial charge in [-0.3, -0.25) is 4.79 Å². The first-order chi connectivity index (χ1) is 9.66. The van der Waals surface area contributed by atoms with Gasteiger partial charge in [0.2, 0.25) is 0 Å². The highest BCUT2D eigenvalue weighted by Crippen LogP contribution is 2.19. The molecule has 2 heterocycles. The lowest BCUT2D eigenvalue weighted by Crippen LogP contribution is -2.51. The van der Waals surface area contributed by atoms with Crippen LogP contribution in [0.25, 0.3) is 0 Å². The van der Waals surface area contributed by atoms with E-state index in [1.165, 1.54) is 6.33 Å². The third-order valence-electron chi connectivity index (χ3n) is 2.96. The number of carboxylic acid groups (broad SMARTS) is 1. The fourth-order valence-corrected chi connectivity index (χ4v) is 3.05. The lowest BCUT2D eigenvalue weighted by molar-refractivity contribution is -0.138. The Kier molecular flexibility index (Phi) is 5.16. The monoisotopic (exact) mass is 296 g/mol. The Bertz CT molecular complexity index is 471. The van der Waals surface area contributed by atoms with Gasteiger partial charge < -0.3 is 15.3 Å². The first-order valence-electron chi connectivity index (χ1n) is 6.25. The van der Waals surface area contributed by atoms with Gasteiger partial charge in [-0.25, -0.2) is 14.8 Å². The standard InChI is InChI=1S/C12H16N4O3S/c17-11(18)5-10-7-20-4-3-16(10)12(19)14-6-9-1-2-13-8-15-9/h1-2,8,10H,3-7H2,(H,14,19)(H,17,18). The maximum atomic E-state index is 12.1. The van der Waals surface area contributed by atoms with Crippen LogP contribution in [0.4, 0.5) is 4.79 Å². The molecule has 1 fully saturated rings. The Balaban J connectivity index is 1.90. The van der Waals surface area contributed by atoms with E-state index in [1.807, 2.05) is 0 Å². The molecule has 2 amide bonds. The highest BCUT2D eigenvalue weighted by Gasteiger charge is 2.28. The SMILES string of the molecule is O=C(O)CC1CSCCN1C(=O)NCc1ccncn1. The third-order valence-corrected chi connectivity index (χ3v) is 4.05. The van der Waals surface area contributed by atoms with E-state index < -0.39 is 5.97 Å². The number of carbonyl (C=O) groups is 2. The van der Waals surface area contributed by atoms with Crippen molar-refractivity contribution in [2.75, 3.05) is 18.1 Å². The molecule has 1 aromatic heterocycles. The van der Waals surface area contributed by atoms with Crippen LogP contribution in [0, 0.1) is 0 Å². The number of nitrogens with one attached hydrogen (secondary N) is 1. The first kappa shape index (κ1) is 14.6. The van der Waals surface area contributed by atoms with E-state index in [0.717, 1.165) is 11.4 Å². The topological polar surface area (TPSA) is 95.4 Å². The number of urea groups is 1. The number of amides is 2. The highest BCUT2D eigenvalue weighted by molar-refractivity contribution is 7.99. The van der Waals surface area contributed by atoms with Gasteiger partial charge in [-0.05, 0) is 6.07 Å². The van der Waals surface area contributed by atoms with Gasteiger partial charge in [-0.15, -0.1) is 0 Å². The van der Waals surface area contributed by atoms with Crippen molar-refractivity contribution in [1.82, 2.24) is 20.2 Å². The molecule has 0 bridgehead atoms. The second-order valence-electron chi connectivity index (χ2n) is 4.38. The third kappa shape index (κ3) is 4.09. The molecular weight excluding hydrogens is 280 g/mol. The smallest absolute Gasteiger partial charge is 0.318 e. The maximum Gasteiger partial charge on any atom is 0.318 e. The van der Waals surface area contributed by atoms with Crippen molar-refractivity contribution in [1.29, 1.82) is 0 Å². The normalized spacial score (nSPS) is 18.6. The summed E-state index contributed by atoms with van der Waals surface area (Å²) in [6.45, 7) is 0.878. The lowest BCUT2D eigenvalue weighted by Gasteiger charge is -2.34. The van der Waals surface area contributed by atoms with E-state index in [-0.39, 0.29) is 18.5 Å². The molecule has 1 aliphatic rings. The minimum Gasteiger partial charge on any atom is -0.481 e. The van der Waals surface area contributed by atoms with Crippen LogP contribution in [-0.4, -0.2) is 56.1 Å². The molecule has 1 unspecified atom stereocenters. The summed E-state index contributed by atoms with van der Waals surface area (Å²) < 4.78 is 0. The molecule has 1 aromatic rings. The molecule has 20 heavy (non-hydrogen) atoms. The van der Waals surface area contributed by atoms with Crippen molar-refractivity contribution < 1.29 is 14.7 Å². The van der Waals surface area contributed by atoms with Gasteiger partial charge in [0.05, 0.1) is 24.7 Å². The number of hydrogen-bond donors (Lipinski definition) is 2. The molecule has 2 N–H and O–H groups in total. The van der Waals surface area contributed by atoms with Gasteiger partial charge >= 0.3 is 12.0 Å². The van der Waals surface area contributed by atoms with E-state index in [4.69, 9.17) is 5.11 Å². The molecule has 0 aromatic carbocycles. The summed E-state index contributed by atoms with van der Waals surface area (Å²) in [4.78, 5) is 32.4. The fraction of sp³-hybridized carbons (Fsp3) is 0.500. The lowest BCUT2D eigenvalue weighted by atomic mass is 10.2. The quantitative estimate of drug-likeness (QED) is 0.844. The molecule has 0 saturated carbocycles. The molecule has 8 heteroatoms. The Morgan fingerprint density at radius 2 is 2.40 bits per heavy atom. The van der Waals surface area contributed by atoms with Crippen LogP contribution in [0.2, 0.25) is 0 Å². The number of nitrogens with zero attached hydrogens (tertiary/aromatic N) is 3. The summed E-state index contributed by atoms with van der Waals surface area (Å²) in [6.07, 6.45) is 3.01. The minimum atomic E-state index is -0.883. The van der Waals surface area contributed by atoms with Crippen LogP contribution >= 0.6 is 11.8 Å². The molecule has 0 radical (unpaired) electrons. The molecule has 1 saturated heterocycles. The largest absolute Gasteiger partial charge is 0.481 e. The van der Waals surface area contributed by atoms with Crippen molar-refractivity contribution in [2.24, 2.45) is 0 Å². The first-order valence-corrected chi connectivity index (χ1v) is 7.41. The van der Waals surface area contributed by atoms with Crippen molar-refractivity contribution in [2.45, 2.75) is 19.0 Å². The van der Waals surface area contributed by atoms with Crippen LogP contribution in [0.1, 0.15) is 12.1 Å². The van der Waals surface area contributed by atoms with Crippen molar-refractivity contribution >= 4 is 23.8 Å². The van der Waals surface area contributed by atoms with Gasteiger partial charge in [0, 0.05) is 24.2 Å². The summed E-state index contributed by atoms with van der Waals surface area (Å²) in [7, 11) is 0. The molecule has 2 rings (SSSR count). The van der Waals surface area contributed by atoms with Crippen molar-refractivity contribution in [3.63, 3.8) is 0 Å². The zero-order chi connectivity index (χ0) is 14.4. The van der Waals surface area contributed by atoms with E-state index in [9.17, 15) is 9.59 Å². The van der Waals surface area contributed by atoms with Gasteiger partial charge in [0.25, 0.3) is 0 Å². The van der Waals surface area contributed by atoms with Crippen LogP contribution < -0.4 is 5.32 Å². The predicted octanol–water partition coefficient (Wildman–Crippen LogP) is 0.578. The Labute approximate surface area is 120 Å². The Morgan fingerprint density at radius 3 is 3.10 bits per heavy atom. The Morgan fingerprint density at radius 1 is 1.55 bits per heavy atom. The van der Waals surface area contributed by atoms with Crippen LogP contribution in [0.15, 0.2) is 18.6 Å². The molecule has 108 valence electrons. The summed E-state index contributed by atoms with van der Waals surface area (Å²) in [5, 5.41) is 11.7. The summed E-state index contributed by atoms with van der Waals surface area (Å²) >= 11 is 1.68. The molecular formula is C12H16N4O3S. The zero-order valence-corrected chi connectivity index (χ0v) is 11.7. The zero-order valence-electron chi connectivity index (χ0n) is 10.9. The number of aliphatic carboxylic acids is 1. The van der Waals surface area contributed by atoms with E-state index in [0.29, 0.717) is 18.8 Å². The van der Waals surface area contributed by atoms with E-state index >= 15 is 0 Å². The molecule has 7 nitrogen and oxygen atoms in total.